The molecule has 5 heteroatoms. The zero-order valence-electron chi connectivity index (χ0n) is 16.2. The van der Waals surface area contributed by atoms with E-state index in [2.05, 4.69) is 41.5 Å². The number of guanidine groups is 1. The van der Waals surface area contributed by atoms with E-state index < -0.39 is 0 Å². The van der Waals surface area contributed by atoms with E-state index in [1.165, 1.54) is 38.5 Å². The molecular weight excluding hydrogens is 300 g/mol. The van der Waals surface area contributed by atoms with Crippen LogP contribution in [0.25, 0.3) is 0 Å². The van der Waals surface area contributed by atoms with Crippen LogP contribution >= 0.6 is 0 Å². The number of nitrogens with one attached hydrogen (secondary N) is 2. The largest absolute Gasteiger partial charge is 0.382 e. The summed E-state index contributed by atoms with van der Waals surface area (Å²) in [7, 11) is 6.24. The molecule has 2 rings (SSSR count). The van der Waals surface area contributed by atoms with Gasteiger partial charge in [-0.25, -0.2) is 0 Å². The van der Waals surface area contributed by atoms with Crippen molar-refractivity contribution in [2.24, 2.45) is 16.3 Å². The van der Waals surface area contributed by atoms with E-state index in [0.717, 1.165) is 44.6 Å². The molecule has 24 heavy (non-hydrogen) atoms. The van der Waals surface area contributed by atoms with Crippen LogP contribution in [0.3, 0.4) is 0 Å². The summed E-state index contributed by atoms with van der Waals surface area (Å²) in [4.78, 5) is 6.78. The first kappa shape index (κ1) is 19.5. The van der Waals surface area contributed by atoms with Crippen molar-refractivity contribution in [3.05, 3.63) is 0 Å². The Bertz CT molecular complexity index is 385. The van der Waals surface area contributed by atoms with Gasteiger partial charge in [0.05, 0.1) is 0 Å². The molecule has 140 valence electrons. The summed E-state index contributed by atoms with van der Waals surface area (Å²) in [5.41, 5.74) is 0.393. The van der Waals surface area contributed by atoms with Gasteiger partial charge in [0, 0.05) is 39.4 Å². The van der Waals surface area contributed by atoms with Crippen molar-refractivity contribution in [2.45, 2.75) is 57.9 Å². The van der Waals surface area contributed by atoms with Gasteiger partial charge >= 0.3 is 0 Å². The summed E-state index contributed by atoms with van der Waals surface area (Å²) >= 11 is 0. The Morgan fingerprint density at radius 3 is 2.50 bits per heavy atom. The molecule has 0 bridgehead atoms. The van der Waals surface area contributed by atoms with Crippen LogP contribution in [-0.2, 0) is 4.74 Å². The topological polar surface area (TPSA) is 48.9 Å². The van der Waals surface area contributed by atoms with Gasteiger partial charge in [0.25, 0.3) is 0 Å². The highest BCUT2D eigenvalue weighted by Crippen LogP contribution is 2.40. The van der Waals surface area contributed by atoms with Crippen LogP contribution in [0.2, 0.25) is 0 Å². The number of hydrogen-bond donors (Lipinski definition) is 2. The van der Waals surface area contributed by atoms with E-state index in [9.17, 15) is 0 Å². The average Bonchev–Trinajstić information content (AvgIpc) is 3.29. The van der Waals surface area contributed by atoms with Gasteiger partial charge in [-0.1, -0.05) is 12.8 Å². The third-order valence-electron chi connectivity index (χ3n) is 5.81. The molecule has 2 N–H and O–H groups in total. The molecule has 0 aromatic heterocycles. The summed E-state index contributed by atoms with van der Waals surface area (Å²) in [5, 5.41) is 7.14. The Hall–Kier alpha value is -0.810. The lowest BCUT2D eigenvalue weighted by atomic mass is 9.83. The fourth-order valence-corrected chi connectivity index (χ4v) is 4.02. The van der Waals surface area contributed by atoms with Gasteiger partial charge in [0.15, 0.2) is 5.96 Å². The van der Waals surface area contributed by atoms with Crippen LogP contribution < -0.4 is 10.6 Å². The van der Waals surface area contributed by atoms with Crippen molar-refractivity contribution in [3.8, 4) is 0 Å². The summed E-state index contributed by atoms with van der Waals surface area (Å²) in [5.74, 6) is 1.81. The van der Waals surface area contributed by atoms with Crippen molar-refractivity contribution in [2.75, 3.05) is 47.4 Å². The molecule has 0 radical (unpaired) electrons. The maximum absolute atomic E-state index is 5.61. The number of ether oxygens (including phenoxy) is 1. The molecule has 1 unspecified atom stereocenters. The lowest BCUT2D eigenvalue weighted by Crippen LogP contribution is -2.48. The second-order valence-corrected chi connectivity index (χ2v) is 7.83. The molecule has 5 nitrogen and oxygen atoms in total. The van der Waals surface area contributed by atoms with Gasteiger partial charge in [-0.3, -0.25) is 4.99 Å². The average molecular weight is 339 g/mol. The highest BCUT2D eigenvalue weighted by Gasteiger charge is 2.34. The van der Waals surface area contributed by atoms with E-state index >= 15 is 0 Å². The summed E-state index contributed by atoms with van der Waals surface area (Å²) < 4.78 is 5.61. The Balaban J connectivity index is 1.78. The summed E-state index contributed by atoms with van der Waals surface area (Å²) in [6.45, 7) is 5.76. The number of rotatable bonds is 10. The van der Waals surface area contributed by atoms with Gasteiger partial charge < -0.3 is 20.3 Å². The maximum atomic E-state index is 5.61. The van der Waals surface area contributed by atoms with Crippen molar-refractivity contribution in [1.82, 2.24) is 15.5 Å². The van der Waals surface area contributed by atoms with E-state index in [4.69, 9.17) is 4.74 Å². The van der Waals surface area contributed by atoms with Gasteiger partial charge in [0.1, 0.15) is 0 Å². The molecule has 0 aliphatic heterocycles. The van der Waals surface area contributed by atoms with Crippen LogP contribution in [0.5, 0.6) is 0 Å². The van der Waals surface area contributed by atoms with Gasteiger partial charge in [-0.15, -0.1) is 0 Å². The van der Waals surface area contributed by atoms with Crippen LogP contribution in [0.4, 0.5) is 0 Å². The highest BCUT2D eigenvalue weighted by molar-refractivity contribution is 5.79. The van der Waals surface area contributed by atoms with Crippen LogP contribution in [-0.4, -0.2) is 64.3 Å². The monoisotopic (exact) mass is 338 g/mol. The molecule has 2 fully saturated rings. The molecule has 0 amide bonds. The highest BCUT2D eigenvalue weighted by atomic mass is 16.5. The van der Waals surface area contributed by atoms with Gasteiger partial charge in [-0.05, 0) is 64.5 Å². The first-order valence-electron chi connectivity index (χ1n) is 9.79. The predicted molar refractivity (Wildman–Crippen MR) is 102 cm³/mol. The Kier molecular flexibility index (Phi) is 7.82. The predicted octanol–water partition coefficient (Wildman–Crippen LogP) is 2.48. The zero-order valence-corrected chi connectivity index (χ0v) is 16.2. The number of nitrogens with zero attached hydrogens (tertiary/aromatic N) is 2. The molecule has 0 saturated heterocycles. The minimum Gasteiger partial charge on any atom is -0.382 e. The fraction of sp³-hybridized carbons (Fsp3) is 0.947. The van der Waals surface area contributed by atoms with Crippen LogP contribution in [0.1, 0.15) is 51.9 Å². The van der Waals surface area contributed by atoms with Gasteiger partial charge in [-0.2, -0.15) is 0 Å². The van der Waals surface area contributed by atoms with Crippen LogP contribution in [0.15, 0.2) is 4.99 Å². The molecule has 1 atom stereocenters. The van der Waals surface area contributed by atoms with Crippen LogP contribution in [0, 0.1) is 11.3 Å². The van der Waals surface area contributed by atoms with E-state index in [-0.39, 0.29) is 0 Å². The Morgan fingerprint density at radius 1 is 1.25 bits per heavy atom. The molecule has 2 aliphatic carbocycles. The molecule has 2 saturated carbocycles. The number of aliphatic imine (C=N–C) groups is 1. The van der Waals surface area contributed by atoms with E-state index in [1.54, 1.807) is 0 Å². The number of hydrogen-bond acceptors (Lipinski definition) is 3. The fourth-order valence-electron chi connectivity index (χ4n) is 4.02. The standard InChI is InChI=1S/C19H38N4O/c1-5-24-13-12-19(10-6-7-11-19)15-22-18(20-2)21-14-17(23(3)4)16-8-9-16/h16-17H,5-15H2,1-4H3,(H2,20,21,22). The Morgan fingerprint density at radius 2 is 1.96 bits per heavy atom. The van der Waals surface area contributed by atoms with Crippen molar-refractivity contribution >= 4 is 5.96 Å². The zero-order chi connectivity index (χ0) is 17.4. The normalized spacial score (nSPS) is 22.0. The van der Waals surface area contributed by atoms with Crippen molar-refractivity contribution in [3.63, 3.8) is 0 Å². The molecule has 0 aromatic rings. The molecule has 0 spiro atoms. The SMILES string of the molecule is CCOCCC1(CNC(=NC)NCC(C2CC2)N(C)C)CCCC1. The molecule has 0 heterocycles. The first-order valence-corrected chi connectivity index (χ1v) is 9.79. The minimum absolute atomic E-state index is 0.393. The quantitative estimate of drug-likeness (QED) is 0.365. The third-order valence-corrected chi connectivity index (χ3v) is 5.81. The minimum atomic E-state index is 0.393. The van der Waals surface area contributed by atoms with E-state index in [0.29, 0.717) is 11.5 Å². The van der Waals surface area contributed by atoms with E-state index in [1.807, 2.05) is 7.05 Å². The summed E-state index contributed by atoms with van der Waals surface area (Å²) in [6, 6.07) is 0.613. The maximum Gasteiger partial charge on any atom is 0.191 e. The summed E-state index contributed by atoms with van der Waals surface area (Å²) in [6.07, 6.45) is 9.23. The van der Waals surface area contributed by atoms with Crippen molar-refractivity contribution in [1.29, 1.82) is 0 Å². The number of likely N-dealkylation sites (N-methyl/N-ethyl adjacent to an activating group) is 1. The lowest BCUT2D eigenvalue weighted by Gasteiger charge is -2.31. The first-order chi connectivity index (χ1) is 11.6. The Labute approximate surface area is 148 Å². The third kappa shape index (κ3) is 5.92. The van der Waals surface area contributed by atoms with Gasteiger partial charge in [0.2, 0.25) is 0 Å². The molecular formula is C19H38N4O. The second kappa shape index (κ2) is 9.62. The molecule has 0 aromatic carbocycles. The second-order valence-electron chi connectivity index (χ2n) is 7.83. The molecule has 2 aliphatic rings. The van der Waals surface area contributed by atoms with Crippen molar-refractivity contribution < 1.29 is 4.74 Å². The smallest absolute Gasteiger partial charge is 0.191 e. The lowest BCUT2D eigenvalue weighted by molar-refractivity contribution is 0.105.